The average Bonchev–Trinajstić information content (AvgIpc) is 2.74. The minimum Gasteiger partial charge on any atom is -0.491 e. The van der Waals surface area contributed by atoms with Gasteiger partial charge in [-0.2, -0.15) is 0 Å². The number of imide groups is 1. The quantitative estimate of drug-likeness (QED) is 0.253. The molecule has 0 aliphatic rings. The third kappa shape index (κ3) is 10.5. The molecule has 0 aliphatic heterocycles. The first-order chi connectivity index (χ1) is 15.4. The first-order valence-corrected chi connectivity index (χ1v) is 11.7. The highest BCUT2D eigenvalue weighted by molar-refractivity contribution is 6.12. The van der Waals surface area contributed by atoms with E-state index in [2.05, 4.69) is 12.2 Å². The number of hydrogen-bond acceptors (Lipinski definition) is 5. The van der Waals surface area contributed by atoms with E-state index < -0.39 is 18.0 Å². The van der Waals surface area contributed by atoms with Gasteiger partial charge in [0, 0.05) is 31.1 Å². The predicted molar refractivity (Wildman–Crippen MR) is 126 cm³/mol. The Hall–Kier alpha value is -2.77. The second-order valence-corrected chi connectivity index (χ2v) is 7.80. The molecule has 1 rings (SSSR count). The Balaban J connectivity index is 2.78. The van der Waals surface area contributed by atoms with Gasteiger partial charge in [0.05, 0.1) is 12.3 Å². The Bertz CT molecular complexity index is 722. The normalized spacial score (nSPS) is 10.6. The predicted octanol–water partition coefficient (Wildman–Crippen LogP) is 5.90. The summed E-state index contributed by atoms with van der Waals surface area (Å²) in [5, 5.41) is 21.6. The van der Waals surface area contributed by atoms with Gasteiger partial charge in [0.1, 0.15) is 5.75 Å². The van der Waals surface area contributed by atoms with Crippen LogP contribution in [0, 0.1) is 0 Å². The summed E-state index contributed by atoms with van der Waals surface area (Å²) in [7, 11) is 0. The van der Waals surface area contributed by atoms with Crippen LogP contribution < -0.4 is 15.0 Å². The van der Waals surface area contributed by atoms with Gasteiger partial charge in [-0.05, 0) is 31.9 Å². The SMILES string of the molecule is CCCCCCCCCCC(=O)N(C(=O)O)c1ccc(NCC)cc1OCCCC(=O)O. The summed E-state index contributed by atoms with van der Waals surface area (Å²) in [6.07, 6.45) is 7.61. The zero-order valence-corrected chi connectivity index (χ0v) is 19.4. The fourth-order valence-corrected chi connectivity index (χ4v) is 3.40. The molecule has 0 bridgehead atoms. The second kappa shape index (κ2) is 15.9. The number of nitrogens with one attached hydrogen (secondary N) is 1. The van der Waals surface area contributed by atoms with E-state index in [1.807, 2.05) is 6.92 Å². The number of unbranched alkanes of at least 4 members (excludes halogenated alkanes) is 7. The van der Waals surface area contributed by atoms with Crippen molar-refractivity contribution in [2.45, 2.75) is 84.5 Å². The van der Waals surface area contributed by atoms with Gasteiger partial charge in [0.25, 0.3) is 0 Å². The number of aliphatic carboxylic acids is 1. The van der Waals surface area contributed by atoms with Gasteiger partial charge in [-0.25, -0.2) is 9.69 Å². The Labute approximate surface area is 190 Å². The van der Waals surface area contributed by atoms with E-state index in [0.717, 1.165) is 29.8 Å². The summed E-state index contributed by atoms with van der Waals surface area (Å²) >= 11 is 0. The van der Waals surface area contributed by atoms with Gasteiger partial charge in [0.15, 0.2) is 0 Å². The molecule has 0 aliphatic carbocycles. The highest BCUT2D eigenvalue weighted by Gasteiger charge is 2.26. The lowest BCUT2D eigenvalue weighted by Crippen LogP contribution is -2.36. The van der Waals surface area contributed by atoms with E-state index in [-0.39, 0.29) is 37.3 Å². The van der Waals surface area contributed by atoms with Gasteiger partial charge in [-0.3, -0.25) is 9.59 Å². The molecule has 8 nitrogen and oxygen atoms in total. The monoisotopic (exact) mass is 450 g/mol. The van der Waals surface area contributed by atoms with Crippen LogP contribution in [0.25, 0.3) is 0 Å². The number of nitrogens with zero attached hydrogens (tertiary/aromatic N) is 1. The molecule has 0 heterocycles. The van der Waals surface area contributed by atoms with Crippen LogP contribution >= 0.6 is 0 Å². The minimum absolute atomic E-state index is 0.0533. The van der Waals surface area contributed by atoms with E-state index in [1.165, 1.54) is 25.7 Å². The first kappa shape index (κ1) is 27.3. The molecule has 180 valence electrons. The van der Waals surface area contributed by atoms with Crippen LogP contribution in [0.4, 0.5) is 16.2 Å². The molecule has 3 N–H and O–H groups in total. The molecule has 8 heteroatoms. The summed E-state index contributed by atoms with van der Waals surface area (Å²) in [5.41, 5.74) is 0.879. The van der Waals surface area contributed by atoms with E-state index in [1.54, 1.807) is 18.2 Å². The number of carboxylic acids is 1. The summed E-state index contributed by atoms with van der Waals surface area (Å²) in [6, 6.07) is 4.88. The van der Waals surface area contributed by atoms with Gasteiger partial charge in [-0.1, -0.05) is 51.9 Å². The smallest absolute Gasteiger partial charge is 0.418 e. The van der Waals surface area contributed by atoms with Crippen molar-refractivity contribution in [2.75, 3.05) is 23.4 Å². The van der Waals surface area contributed by atoms with Crippen molar-refractivity contribution >= 4 is 29.3 Å². The Morgan fingerprint density at radius 1 is 0.906 bits per heavy atom. The Kier molecular flexibility index (Phi) is 13.6. The summed E-state index contributed by atoms with van der Waals surface area (Å²) in [6.45, 7) is 4.88. The van der Waals surface area contributed by atoms with Crippen molar-refractivity contribution in [1.82, 2.24) is 0 Å². The maximum atomic E-state index is 12.7. The third-order valence-electron chi connectivity index (χ3n) is 5.06. The van der Waals surface area contributed by atoms with Crippen LogP contribution in [-0.2, 0) is 9.59 Å². The van der Waals surface area contributed by atoms with Crippen molar-refractivity contribution in [3.05, 3.63) is 18.2 Å². The largest absolute Gasteiger partial charge is 0.491 e. The summed E-state index contributed by atoms with van der Waals surface area (Å²) < 4.78 is 5.69. The van der Waals surface area contributed by atoms with Gasteiger partial charge < -0.3 is 20.3 Å². The standard InChI is InChI=1S/C24H38N2O6/c1-3-5-6-7-8-9-10-11-13-22(27)26(24(30)31)20-16-15-19(25-4-2)18-21(20)32-17-12-14-23(28)29/h15-16,18,25H,3-14,17H2,1-2H3,(H,28,29)(H,30,31). The fourth-order valence-electron chi connectivity index (χ4n) is 3.40. The molecule has 0 aromatic heterocycles. The summed E-state index contributed by atoms with van der Waals surface area (Å²) in [4.78, 5) is 36.1. The van der Waals surface area contributed by atoms with Crippen molar-refractivity contribution in [1.29, 1.82) is 0 Å². The third-order valence-corrected chi connectivity index (χ3v) is 5.06. The molecule has 32 heavy (non-hydrogen) atoms. The highest BCUT2D eigenvalue weighted by atomic mass is 16.5. The number of benzene rings is 1. The maximum Gasteiger partial charge on any atom is 0.418 e. The van der Waals surface area contributed by atoms with Gasteiger partial charge >= 0.3 is 12.1 Å². The number of amides is 2. The topological polar surface area (TPSA) is 116 Å². The maximum absolute atomic E-state index is 12.7. The van der Waals surface area contributed by atoms with Crippen LogP contribution in [0.3, 0.4) is 0 Å². The molecule has 0 radical (unpaired) electrons. The van der Waals surface area contributed by atoms with Crippen LogP contribution in [0.2, 0.25) is 0 Å². The second-order valence-electron chi connectivity index (χ2n) is 7.80. The van der Waals surface area contributed by atoms with Crippen molar-refractivity contribution in [2.24, 2.45) is 0 Å². The Morgan fingerprint density at radius 3 is 2.16 bits per heavy atom. The fraction of sp³-hybridized carbons (Fsp3) is 0.625. The van der Waals surface area contributed by atoms with E-state index in [9.17, 15) is 19.5 Å². The number of rotatable bonds is 17. The van der Waals surface area contributed by atoms with Crippen LogP contribution in [0.1, 0.15) is 84.5 Å². The molecule has 0 atom stereocenters. The van der Waals surface area contributed by atoms with E-state index in [4.69, 9.17) is 9.84 Å². The molecular weight excluding hydrogens is 412 g/mol. The molecule has 0 unspecified atom stereocenters. The lowest BCUT2D eigenvalue weighted by atomic mass is 10.1. The van der Waals surface area contributed by atoms with Gasteiger partial charge in [-0.15, -0.1) is 0 Å². The number of carbonyl (C=O) groups is 3. The number of anilines is 2. The number of carbonyl (C=O) groups excluding carboxylic acids is 1. The highest BCUT2D eigenvalue weighted by Crippen LogP contribution is 2.33. The molecule has 1 aromatic carbocycles. The number of hydrogen-bond donors (Lipinski definition) is 3. The zero-order chi connectivity index (χ0) is 23.8. The molecule has 0 fully saturated rings. The zero-order valence-electron chi connectivity index (χ0n) is 19.4. The first-order valence-electron chi connectivity index (χ1n) is 11.7. The molecule has 0 spiro atoms. The average molecular weight is 451 g/mol. The number of carboxylic acid groups (broad SMARTS) is 2. The molecule has 0 saturated heterocycles. The lowest BCUT2D eigenvalue weighted by molar-refractivity contribution is -0.137. The van der Waals surface area contributed by atoms with Crippen LogP contribution in [0.5, 0.6) is 5.75 Å². The van der Waals surface area contributed by atoms with E-state index >= 15 is 0 Å². The number of ether oxygens (including phenoxy) is 1. The van der Waals surface area contributed by atoms with Crippen LogP contribution in [0.15, 0.2) is 18.2 Å². The van der Waals surface area contributed by atoms with Crippen molar-refractivity contribution < 1.29 is 29.3 Å². The molecule has 0 saturated carbocycles. The molecule has 2 amide bonds. The Morgan fingerprint density at radius 2 is 1.56 bits per heavy atom. The lowest BCUT2D eigenvalue weighted by Gasteiger charge is -2.21. The van der Waals surface area contributed by atoms with Crippen molar-refractivity contribution in [3.63, 3.8) is 0 Å². The van der Waals surface area contributed by atoms with Crippen molar-refractivity contribution in [3.8, 4) is 5.75 Å². The molecular formula is C24H38N2O6. The minimum atomic E-state index is -1.36. The van der Waals surface area contributed by atoms with Crippen LogP contribution in [-0.4, -0.2) is 41.3 Å². The van der Waals surface area contributed by atoms with Gasteiger partial charge in [0.2, 0.25) is 5.91 Å². The summed E-state index contributed by atoms with van der Waals surface area (Å²) in [5.74, 6) is -1.18. The molecule has 1 aromatic rings. The van der Waals surface area contributed by atoms with E-state index in [0.29, 0.717) is 13.0 Å².